The van der Waals surface area contributed by atoms with Gasteiger partial charge in [-0.05, 0) is 61.2 Å². The quantitative estimate of drug-likeness (QED) is 0.711. The van der Waals surface area contributed by atoms with Crippen LogP contribution in [0.2, 0.25) is 5.02 Å². The van der Waals surface area contributed by atoms with E-state index < -0.39 is 0 Å². The van der Waals surface area contributed by atoms with Gasteiger partial charge in [0.1, 0.15) is 5.52 Å². The van der Waals surface area contributed by atoms with Crippen LogP contribution in [0.1, 0.15) is 24.8 Å². The van der Waals surface area contributed by atoms with Gasteiger partial charge in [0.05, 0.1) is 0 Å². The van der Waals surface area contributed by atoms with Gasteiger partial charge in [-0.3, -0.25) is 0 Å². The number of fused-ring (bicyclic) bond motifs is 1. The molecule has 4 rings (SSSR count). The molecular weight excluding hydrogens is 338 g/mol. The second kappa shape index (κ2) is 6.76. The monoisotopic (exact) mass is 355 g/mol. The van der Waals surface area contributed by atoms with Gasteiger partial charge < -0.3 is 14.6 Å². The summed E-state index contributed by atoms with van der Waals surface area (Å²) < 4.78 is 5.37. The van der Waals surface area contributed by atoms with Crippen LogP contribution < -0.4 is 5.32 Å². The number of carbonyl (C=O) groups excluding carboxylic acids is 1. The lowest BCUT2D eigenvalue weighted by Gasteiger charge is -2.37. The Morgan fingerprint density at radius 3 is 2.76 bits per heavy atom. The summed E-state index contributed by atoms with van der Waals surface area (Å²) in [7, 11) is 0. The molecule has 1 aliphatic carbocycles. The molecule has 2 aromatic carbocycles. The van der Waals surface area contributed by atoms with Crippen LogP contribution in [0.3, 0.4) is 0 Å². The molecule has 1 heterocycles. The van der Waals surface area contributed by atoms with Crippen molar-refractivity contribution in [3.05, 3.63) is 59.4 Å². The summed E-state index contributed by atoms with van der Waals surface area (Å²) in [4.78, 5) is 18.8. The van der Waals surface area contributed by atoms with Crippen molar-refractivity contribution in [1.82, 2.24) is 9.88 Å². The fourth-order valence-electron chi connectivity index (χ4n) is 2.99. The molecule has 128 valence electrons. The zero-order chi connectivity index (χ0) is 17.2. The van der Waals surface area contributed by atoms with E-state index in [0.717, 1.165) is 41.6 Å². The maximum Gasteiger partial charge on any atom is 0.322 e. The highest BCUT2D eigenvalue weighted by Gasteiger charge is 2.29. The molecule has 5 nitrogen and oxygen atoms in total. The van der Waals surface area contributed by atoms with Crippen LogP contribution in [0.5, 0.6) is 0 Å². The van der Waals surface area contributed by atoms with Gasteiger partial charge in [0.2, 0.25) is 0 Å². The number of rotatable bonds is 4. The molecule has 0 unspecified atom stereocenters. The van der Waals surface area contributed by atoms with Crippen LogP contribution in [-0.2, 0) is 6.54 Å². The fourth-order valence-corrected chi connectivity index (χ4v) is 3.11. The summed E-state index contributed by atoms with van der Waals surface area (Å²) in [5.41, 5.74) is 3.33. The summed E-state index contributed by atoms with van der Waals surface area (Å²) in [5.74, 6) is 0. The number of anilines is 1. The van der Waals surface area contributed by atoms with Crippen molar-refractivity contribution in [3.8, 4) is 0 Å². The number of benzene rings is 2. The molecule has 1 fully saturated rings. The average molecular weight is 356 g/mol. The molecule has 1 aliphatic rings. The number of hydrogen-bond donors (Lipinski definition) is 1. The van der Waals surface area contributed by atoms with Crippen LogP contribution in [0, 0.1) is 0 Å². The highest BCUT2D eigenvalue weighted by molar-refractivity contribution is 6.30. The van der Waals surface area contributed by atoms with Crippen molar-refractivity contribution in [1.29, 1.82) is 0 Å². The van der Waals surface area contributed by atoms with E-state index in [1.165, 1.54) is 6.39 Å². The largest absolute Gasteiger partial charge is 0.443 e. The normalized spacial score (nSPS) is 14.3. The zero-order valence-electron chi connectivity index (χ0n) is 13.6. The van der Waals surface area contributed by atoms with Gasteiger partial charge in [0, 0.05) is 23.3 Å². The summed E-state index contributed by atoms with van der Waals surface area (Å²) in [6.45, 7) is 0.542. The lowest BCUT2D eigenvalue weighted by molar-refractivity contribution is 0.143. The molecule has 1 saturated carbocycles. The Morgan fingerprint density at radius 2 is 2.04 bits per heavy atom. The van der Waals surface area contributed by atoms with E-state index in [2.05, 4.69) is 10.3 Å². The Morgan fingerprint density at radius 1 is 1.24 bits per heavy atom. The lowest BCUT2D eigenvalue weighted by Crippen LogP contribution is -2.45. The maximum absolute atomic E-state index is 12.8. The standard InChI is InChI=1S/C19H18ClN3O2/c20-14-5-7-15(8-6-14)22-19(24)23(16-2-1-3-16)11-13-4-9-17-18(10-13)25-12-21-17/h4-10,12,16H,1-3,11H2,(H,22,24). The lowest BCUT2D eigenvalue weighted by atomic mass is 9.91. The number of aromatic nitrogens is 1. The van der Waals surface area contributed by atoms with Crippen molar-refractivity contribution in [2.45, 2.75) is 31.8 Å². The molecule has 1 N–H and O–H groups in total. The van der Waals surface area contributed by atoms with Gasteiger partial charge in [0.25, 0.3) is 0 Å². The van der Waals surface area contributed by atoms with Gasteiger partial charge in [0.15, 0.2) is 12.0 Å². The molecule has 2 amide bonds. The van der Waals surface area contributed by atoms with Crippen LogP contribution in [0.15, 0.2) is 53.3 Å². The number of hydrogen-bond acceptors (Lipinski definition) is 3. The minimum atomic E-state index is -0.0929. The van der Waals surface area contributed by atoms with E-state index >= 15 is 0 Å². The van der Waals surface area contributed by atoms with Crippen LogP contribution in [0.25, 0.3) is 11.1 Å². The maximum atomic E-state index is 12.8. The Balaban J connectivity index is 1.52. The second-order valence-electron chi connectivity index (χ2n) is 6.30. The van der Waals surface area contributed by atoms with E-state index in [-0.39, 0.29) is 12.1 Å². The highest BCUT2D eigenvalue weighted by atomic mass is 35.5. The molecule has 25 heavy (non-hydrogen) atoms. The van der Waals surface area contributed by atoms with Crippen molar-refractivity contribution >= 4 is 34.4 Å². The van der Waals surface area contributed by atoms with Gasteiger partial charge in [-0.15, -0.1) is 0 Å². The molecule has 0 radical (unpaired) electrons. The number of urea groups is 1. The Hall–Kier alpha value is -2.53. The molecule has 0 saturated heterocycles. The number of carbonyl (C=O) groups is 1. The Bertz CT molecular complexity index is 887. The molecule has 0 bridgehead atoms. The third-order valence-corrected chi connectivity index (χ3v) is 4.87. The Kier molecular flexibility index (Phi) is 4.32. The minimum absolute atomic E-state index is 0.0929. The summed E-state index contributed by atoms with van der Waals surface area (Å²) in [6, 6.07) is 13.2. The molecule has 3 aromatic rings. The molecule has 0 spiro atoms. The van der Waals surface area contributed by atoms with Crippen molar-refractivity contribution in [2.24, 2.45) is 0 Å². The first-order valence-corrected chi connectivity index (χ1v) is 8.72. The smallest absolute Gasteiger partial charge is 0.322 e. The first kappa shape index (κ1) is 16.0. The van der Waals surface area contributed by atoms with E-state index in [9.17, 15) is 4.79 Å². The molecule has 0 atom stereocenters. The van der Waals surface area contributed by atoms with E-state index in [4.69, 9.17) is 16.0 Å². The second-order valence-corrected chi connectivity index (χ2v) is 6.74. The summed E-state index contributed by atoms with van der Waals surface area (Å²) in [6.07, 6.45) is 4.68. The first-order chi connectivity index (χ1) is 12.2. The van der Waals surface area contributed by atoms with E-state index in [1.54, 1.807) is 24.3 Å². The average Bonchev–Trinajstić information content (AvgIpc) is 3.02. The molecule has 0 aliphatic heterocycles. The SMILES string of the molecule is O=C(Nc1ccc(Cl)cc1)N(Cc1ccc2ncoc2c1)C1CCC1. The van der Waals surface area contributed by atoms with E-state index in [1.807, 2.05) is 23.1 Å². The third-order valence-electron chi connectivity index (χ3n) is 4.62. The number of halogens is 1. The topological polar surface area (TPSA) is 58.4 Å². The number of oxazole rings is 1. The third kappa shape index (κ3) is 3.46. The van der Waals surface area contributed by atoms with E-state index in [0.29, 0.717) is 11.6 Å². The number of nitrogens with one attached hydrogen (secondary N) is 1. The predicted molar refractivity (Wildman–Crippen MR) is 97.7 cm³/mol. The zero-order valence-corrected chi connectivity index (χ0v) is 14.4. The van der Waals surface area contributed by atoms with Crippen LogP contribution >= 0.6 is 11.6 Å². The van der Waals surface area contributed by atoms with Gasteiger partial charge in [-0.25, -0.2) is 9.78 Å². The summed E-state index contributed by atoms with van der Waals surface area (Å²) >= 11 is 5.90. The van der Waals surface area contributed by atoms with Crippen molar-refractivity contribution < 1.29 is 9.21 Å². The van der Waals surface area contributed by atoms with Crippen molar-refractivity contribution in [2.75, 3.05) is 5.32 Å². The van der Waals surface area contributed by atoms with Crippen LogP contribution in [-0.4, -0.2) is 22.0 Å². The molecular formula is C19H18ClN3O2. The number of amides is 2. The fraction of sp³-hybridized carbons (Fsp3) is 0.263. The molecule has 1 aromatic heterocycles. The number of nitrogens with zero attached hydrogens (tertiary/aromatic N) is 2. The van der Waals surface area contributed by atoms with Gasteiger partial charge >= 0.3 is 6.03 Å². The minimum Gasteiger partial charge on any atom is -0.443 e. The highest BCUT2D eigenvalue weighted by Crippen LogP contribution is 2.28. The van der Waals surface area contributed by atoms with Gasteiger partial charge in [-0.2, -0.15) is 0 Å². The predicted octanol–water partition coefficient (Wildman–Crippen LogP) is 5.07. The molecule has 6 heteroatoms. The van der Waals surface area contributed by atoms with Crippen molar-refractivity contribution in [3.63, 3.8) is 0 Å². The summed E-state index contributed by atoms with van der Waals surface area (Å²) in [5, 5.41) is 3.61. The first-order valence-electron chi connectivity index (χ1n) is 8.34. The Labute approximate surface area is 150 Å². The van der Waals surface area contributed by atoms with Crippen LogP contribution in [0.4, 0.5) is 10.5 Å². The van der Waals surface area contributed by atoms with Gasteiger partial charge in [-0.1, -0.05) is 17.7 Å².